The topological polar surface area (TPSA) is 112 Å². The van der Waals surface area contributed by atoms with E-state index in [4.69, 9.17) is 30.1 Å². The second-order valence-electron chi connectivity index (χ2n) is 6.19. The zero-order valence-electron chi connectivity index (χ0n) is 13.4. The van der Waals surface area contributed by atoms with Crippen molar-refractivity contribution in [2.45, 2.75) is 50.9 Å². The van der Waals surface area contributed by atoms with Crippen molar-refractivity contribution in [2.75, 3.05) is 6.61 Å². The quantitative estimate of drug-likeness (QED) is 0.720. The first-order valence-electron chi connectivity index (χ1n) is 7.43. The van der Waals surface area contributed by atoms with E-state index in [0.29, 0.717) is 0 Å². The van der Waals surface area contributed by atoms with Crippen molar-refractivity contribution in [2.24, 2.45) is 0 Å². The third-order valence-electron chi connectivity index (χ3n) is 3.80. The summed E-state index contributed by atoms with van der Waals surface area (Å²) in [6.07, 6.45) is -1.42. The Morgan fingerprint density at radius 1 is 1.54 bits per heavy atom. The molecule has 5 atom stereocenters. The third-order valence-corrected chi connectivity index (χ3v) is 6.26. The Bertz CT molecular complexity index is 789. The number of rotatable bonds is 3. The summed E-state index contributed by atoms with van der Waals surface area (Å²) in [5.74, 6) is 0. The monoisotopic (exact) mass is 378 g/mol. The lowest BCUT2D eigenvalue weighted by Gasteiger charge is -2.37. The van der Waals surface area contributed by atoms with Crippen LogP contribution < -0.4 is 11.2 Å². The summed E-state index contributed by atoms with van der Waals surface area (Å²) in [5, 5.41) is 10.9. The summed E-state index contributed by atoms with van der Waals surface area (Å²) in [5.41, 5.74) is -2.79. The molecule has 0 saturated carbocycles. The smallest absolute Gasteiger partial charge is 0.330 e. The van der Waals surface area contributed by atoms with Gasteiger partial charge < -0.3 is 18.9 Å². The number of hydrogen-bond acceptors (Lipinski definition) is 8. The van der Waals surface area contributed by atoms with Crippen LogP contribution in [-0.4, -0.2) is 45.2 Å². The van der Waals surface area contributed by atoms with Gasteiger partial charge in [0, 0.05) is 12.3 Å². The average molecular weight is 378 g/mol. The summed E-state index contributed by atoms with van der Waals surface area (Å²) in [6, 6.07) is 1.17. The number of ether oxygens (including phenoxy) is 1. The van der Waals surface area contributed by atoms with Crippen molar-refractivity contribution in [3.05, 3.63) is 33.1 Å². The lowest BCUT2D eigenvalue weighted by molar-refractivity contribution is -0.0931. The Hall–Kier alpha value is -0.870. The summed E-state index contributed by atoms with van der Waals surface area (Å²) in [4.78, 5) is 25.3. The van der Waals surface area contributed by atoms with Crippen LogP contribution in [0, 0.1) is 0 Å². The Morgan fingerprint density at radius 2 is 2.25 bits per heavy atom. The maximum Gasteiger partial charge on any atom is 0.330 e. The molecule has 0 spiro atoms. The molecule has 3 heterocycles. The van der Waals surface area contributed by atoms with Crippen LogP contribution in [0.4, 0.5) is 0 Å². The first-order chi connectivity index (χ1) is 11.1. The van der Waals surface area contributed by atoms with E-state index in [-0.39, 0.29) is 12.7 Å². The Kier molecular flexibility index (Phi) is 4.59. The third kappa shape index (κ3) is 3.15. The number of aliphatic hydroxyl groups is 1. The molecule has 0 radical (unpaired) electrons. The van der Waals surface area contributed by atoms with E-state index in [0.717, 1.165) is 4.57 Å². The maximum atomic E-state index is 12.0. The van der Waals surface area contributed by atoms with Gasteiger partial charge in [0.05, 0.1) is 12.7 Å². The molecule has 24 heavy (non-hydrogen) atoms. The molecule has 2 aliphatic rings. The molecular weight excluding hydrogens is 359 g/mol. The zero-order chi connectivity index (χ0) is 17.7. The molecule has 2 saturated heterocycles. The number of hydrogen-bond donors (Lipinski definition) is 2. The minimum atomic E-state index is -3.01. The van der Waals surface area contributed by atoms with Gasteiger partial charge in [-0.3, -0.25) is 18.9 Å². The fourth-order valence-electron chi connectivity index (χ4n) is 2.80. The van der Waals surface area contributed by atoms with E-state index >= 15 is 0 Å². The Labute approximate surface area is 142 Å². The second-order valence-corrected chi connectivity index (χ2v) is 9.11. The van der Waals surface area contributed by atoms with Crippen LogP contribution in [0.3, 0.4) is 0 Å². The van der Waals surface area contributed by atoms with Gasteiger partial charge in [-0.15, -0.1) is 0 Å². The SMILES string of the molecule is CC(C)OP1(=S)OCC2OC(n3ccc(=O)[nH]c3=O)C(C)(O)C2O1. The summed E-state index contributed by atoms with van der Waals surface area (Å²) in [6.45, 7) is 2.17. The van der Waals surface area contributed by atoms with Crippen LogP contribution >= 0.6 is 6.72 Å². The first kappa shape index (κ1) is 17.9. The number of nitrogens with one attached hydrogen (secondary N) is 1. The van der Waals surface area contributed by atoms with E-state index < -0.39 is 42.0 Å². The van der Waals surface area contributed by atoms with Crippen LogP contribution in [0.1, 0.15) is 27.0 Å². The van der Waals surface area contributed by atoms with Crippen LogP contribution in [0.15, 0.2) is 21.9 Å². The molecule has 0 aromatic carbocycles. The van der Waals surface area contributed by atoms with Gasteiger partial charge in [0.15, 0.2) is 6.23 Å². The fraction of sp³-hybridized carbons (Fsp3) is 0.692. The minimum absolute atomic E-state index is 0.0828. The Balaban J connectivity index is 1.91. The standard InChI is InChI=1S/C13H19N2O7PS/c1-7(2)21-23(24)19-6-8-10(22-23)13(3,18)11(20-8)15-5-4-9(16)14-12(15)17/h4-5,7-8,10-11,18H,6H2,1-3H3,(H,14,16,17). The molecule has 0 aliphatic carbocycles. The van der Waals surface area contributed by atoms with Crippen molar-refractivity contribution in [3.8, 4) is 0 Å². The minimum Gasteiger partial charge on any atom is -0.383 e. The Morgan fingerprint density at radius 3 is 2.88 bits per heavy atom. The molecule has 2 fully saturated rings. The molecule has 1 aromatic heterocycles. The molecule has 134 valence electrons. The number of fused-ring (bicyclic) bond motifs is 1. The molecule has 1 aromatic rings. The second kappa shape index (κ2) is 6.14. The van der Waals surface area contributed by atoms with Gasteiger partial charge in [0.1, 0.15) is 17.8 Å². The van der Waals surface area contributed by atoms with Crippen LogP contribution in [0.2, 0.25) is 0 Å². The summed E-state index contributed by atoms with van der Waals surface area (Å²) in [7, 11) is 0. The van der Waals surface area contributed by atoms with Crippen molar-refractivity contribution >= 4 is 18.5 Å². The normalized spacial score (nSPS) is 39.1. The lowest BCUT2D eigenvalue weighted by Crippen LogP contribution is -2.49. The number of nitrogens with zero attached hydrogens (tertiary/aromatic N) is 1. The largest absolute Gasteiger partial charge is 0.383 e. The van der Waals surface area contributed by atoms with Crippen molar-refractivity contribution in [3.63, 3.8) is 0 Å². The highest BCUT2D eigenvalue weighted by Crippen LogP contribution is 2.59. The molecule has 5 unspecified atom stereocenters. The molecule has 0 amide bonds. The van der Waals surface area contributed by atoms with E-state index in [2.05, 4.69) is 4.98 Å². The van der Waals surface area contributed by atoms with Crippen LogP contribution in [0.25, 0.3) is 0 Å². The van der Waals surface area contributed by atoms with Gasteiger partial charge in [-0.1, -0.05) is 0 Å². The number of aromatic amines is 1. The fourth-order valence-corrected chi connectivity index (χ4v) is 5.42. The van der Waals surface area contributed by atoms with Crippen molar-refractivity contribution in [1.82, 2.24) is 9.55 Å². The van der Waals surface area contributed by atoms with Gasteiger partial charge in [0.2, 0.25) is 0 Å². The summed E-state index contributed by atoms with van der Waals surface area (Å²) >= 11 is 5.32. The highest BCUT2D eigenvalue weighted by Gasteiger charge is 2.59. The van der Waals surface area contributed by atoms with Gasteiger partial charge in [-0.25, -0.2) is 4.79 Å². The molecule has 9 nitrogen and oxygen atoms in total. The van der Waals surface area contributed by atoms with Crippen LogP contribution in [0.5, 0.6) is 0 Å². The molecule has 11 heteroatoms. The first-order valence-corrected chi connectivity index (χ1v) is 9.99. The highest BCUT2D eigenvalue weighted by molar-refractivity contribution is 8.07. The maximum absolute atomic E-state index is 12.0. The average Bonchev–Trinajstić information content (AvgIpc) is 2.69. The lowest BCUT2D eigenvalue weighted by atomic mass is 9.96. The van der Waals surface area contributed by atoms with Crippen molar-refractivity contribution in [1.29, 1.82) is 0 Å². The molecule has 0 bridgehead atoms. The number of aromatic nitrogens is 2. The molecule has 2 N–H and O–H groups in total. The predicted molar refractivity (Wildman–Crippen MR) is 87.2 cm³/mol. The zero-order valence-corrected chi connectivity index (χ0v) is 15.1. The van der Waals surface area contributed by atoms with Gasteiger partial charge in [-0.2, -0.15) is 0 Å². The highest BCUT2D eigenvalue weighted by atomic mass is 32.5. The molecule has 2 aliphatic heterocycles. The summed E-state index contributed by atoms with van der Waals surface area (Å²) < 4.78 is 23.7. The van der Waals surface area contributed by atoms with Gasteiger partial charge in [-0.05, 0) is 32.6 Å². The number of H-pyrrole nitrogens is 1. The van der Waals surface area contributed by atoms with Crippen LogP contribution in [-0.2, 0) is 30.1 Å². The van der Waals surface area contributed by atoms with Crippen molar-refractivity contribution < 1.29 is 23.4 Å². The molecular formula is C13H19N2O7PS. The predicted octanol–water partition coefficient (Wildman–Crippen LogP) is 0.250. The van der Waals surface area contributed by atoms with Gasteiger partial charge >= 0.3 is 12.4 Å². The van der Waals surface area contributed by atoms with E-state index in [9.17, 15) is 14.7 Å². The van der Waals surface area contributed by atoms with E-state index in [1.54, 1.807) is 13.8 Å². The molecule has 3 rings (SSSR count). The van der Waals surface area contributed by atoms with E-state index in [1.807, 2.05) is 0 Å². The van der Waals surface area contributed by atoms with E-state index in [1.165, 1.54) is 19.2 Å². The van der Waals surface area contributed by atoms with Gasteiger partial charge in [0.25, 0.3) is 5.56 Å².